The van der Waals surface area contributed by atoms with Gasteiger partial charge in [0.05, 0.1) is 37.4 Å². The summed E-state index contributed by atoms with van der Waals surface area (Å²) in [5.74, 6) is 0.419. The lowest BCUT2D eigenvalue weighted by atomic mass is 9.89. The molecule has 2 aliphatic heterocycles. The van der Waals surface area contributed by atoms with Gasteiger partial charge in [-0.15, -0.1) is 0 Å². The summed E-state index contributed by atoms with van der Waals surface area (Å²) in [5.41, 5.74) is 0. The molecule has 0 aromatic carbocycles. The van der Waals surface area contributed by atoms with Crippen LogP contribution < -0.4 is 0 Å². The van der Waals surface area contributed by atoms with Crippen LogP contribution in [0.3, 0.4) is 0 Å². The zero-order chi connectivity index (χ0) is 13.2. The van der Waals surface area contributed by atoms with Crippen LogP contribution in [0.25, 0.3) is 0 Å². The molecule has 4 heteroatoms. The molecular weight excluding hydrogens is 244 g/mol. The number of ether oxygens (including phenoxy) is 3. The van der Waals surface area contributed by atoms with Gasteiger partial charge in [-0.25, -0.2) is 0 Å². The van der Waals surface area contributed by atoms with Crippen molar-refractivity contribution in [1.82, 2.24) is 0 Å². The van der Waals surface area contributed by atoms with Gasteiger partial charge in [0.2, 0.25) is 0 Å². The van der Waals surface area contributed by atoms with Crippen LogP contribution in [-0.2, 0) is 19.0 Å². The van der Waals surface area contributed by atoms with Gasteiger partial charge in [0.15, 0.2) is 0 Å². The predicted octanol–water partition coefficient (Wildman–Crippen LogP) is 2.30. The molecule has 3 aliphatic rings. The summed E-state index contributed by atoms with van der Waals surface area (Å²) in [6.07, 6.45) is 7.35. The minimum absolute atomic E-state index is 0.0220. The summed E-state index contributed by atoms with van der Waals surface area (Å²) in [6.45, 7) is 3.37. The van der Waals surface area contributed by atoms with Gasteiger partial charge in [0.1, 0.15) is 0 Å². The molecule has 3 fully saturated rings. The molecule has 108 valence electrons. The smallest absolute Gasteiger partial charge is 0.309 e. The van der Waals surface area contributed by atoms with Crippen molar-refractivity contribution in [2.75, 3.05) is 13.2 Å². The maximum Gasteiger partial charge on any atom is 0.309 e. The van der Waals surface area contributed by atoms with E-state index in [0.29, 0.717) is 30.8 Å². The van der Waals surface area contributed by atoms with Crippen LogP contribution in [0.5, 0.6) is 0 Å². The molecule has 1 saturated carbocycles. The molecule has 0 aromatic heterocycles. The van der Waals surface area contributed by atoms with Gasteiger partial charge < -0.3 is 14.2 Å². The van der Waals surface area contributed by atoms with Gasteiger partial charge in [-0.3, -0.25) is 4.79 Å². The first-order valence-corrected chi connectivity index (χ1v) is 7.66. The van der Waals surface area contributed by atoms with Crippen LogP contribution in [0.1, 0.15) is 45.4 Å². The highest BCUT2D eigenvalue weighted by Crippen LogP contribution is 2.39. The predicted molar refractivity (Wildman–Crippen MR) is 69.7 cm³/mol. The van der Waals surface area contributed by atoms with Crippen molar-refractivity contribution in [1.29, 1.82) is 0 Å². The number of rotatable bonds is 3. The molecule has 3 rings (SSSR count). The third-order valence-corrected chi connectivity index (χ3v) is 4.64. The Bertz CT molecular complexity index is 330. The summed E-state index contributed by atoms with van der Waals surface area (Å²) < 4.78 is 16.7. The lowest BCUT2D eigenvalue weighted by Gasteiger charge is -2.20. The van der Waals surface area contributed by atoms with E-state index in [9.17, 15) is 4.79 Å². The maximum absolute atomic E-state index is 12.0. The highest BCUT2D eigenvalue weighted by molar-refractivity contribution is 5.72. The van der Waals surface area contributed by atoms with Crippen molar-refractivity contribution in [2.24, 2.45) is 11.8 Å². The summed E-state index contributed by atoms with van der Waals surface area (Å²) in [6, 6.07) is 0. The van der Waals surface area contributed by atoms with Gasteiger partial charge in [0.25, 0.3) is 0 Å². The first-order valence-electron chi connectivity index (χ1n) is 7.66. The van der Waals surface area contributed by atoms with E-state index in [4.69, 9.17) is 14.2 Å². The topological polar surface area (TPSA) is 48.1 Å². The quantitative estimate of drug-likeness (QED) is 0.582. The third kappa shape index (κ3) is 3.48. The molecule has 5 atom stereocenters. The lowest BCUT2D eigenvalue weighted by Crippen LogP contribution is -2.26. The molecule has 0 N–H and O–H groups in total. The third-order valence-electron chi connectivity index (χ3n) is 4.64. The summed E-state index contributed by atoms with van der Waals surface area (Å²) in [5, 5.41) is 0. The normalized spacial score (nSPS) is 42.1. The van der Waals surface area contributed by atoms with Gasteiger partial charge in [-0.2, -0.15) is 0 Å². The number of hydrogen-bond acceptors (Lipinski definition) is 4. The Kier molecular flexibility index (Phi) is 4.08. The zero-order valence-electron chi connectivity index (χ0n) is 11.7. The Hall–Kier alpha value is -0.610. The van der Waals surface area contributed by atoms with E-state index in [1.165, 1.54) is 6.42 Å². The van der Waals surface area contributed by atoms with Crippen molar-refractivity contribution < 1.29 is 19.0 Å². The van der Waals surface area contributed by atoms with Crippen molar-refractivity contribution in [3.63, 3.8) is 0 Å². The van der Waals surface area contributed by atoms with Crippen LogP contribution in [0.15, 0.2) is 0 Å². The van der Waals surface area contributed by atoms with E-state index in [0.717, 1.165) is 38.7 Å². The molecule has 5 unspecified atom stereocenters. The highest BCUT2D eigenvalue weighted by Gasteiger charge is 2.46. The molecule has 0 bridgehead atoms. The van der Waals surface area contributed by atoms with E-state index in [2.05, 4.69) is 6.92 Å². The van der Waals surface area contributed by atoms with E-state index in [1.807, 2.05) is 0 Å². The summed E-state index contributed by atoms with van der Waals surface area (Å²) >= 11 is 0. The monoisotopic (exact) mass is 268 g/mol. The average Bonchev–Trinajstić information content (AvgIpc) is 3.19. The Labute approximate surface area is 114 Å². The fraction of sp³-hybridized carbons (Fsp3) is 0.933. The fourth-order valence-corrected chi connectivity index (χ4v) is 3.23. The zero-order valence-corrected chi connectivity index (χ0v) is 11.7. The van der Waals surface area contributed by atoms with Crippen LogP contribution >= 0.6 is 0 Å². The largest absolute Gasteiger partial charge is 0.465 e. The lowest BCUT2D eigenvalue weighted by molar-refractivity contribution is -0.151. The second-order valence-electron chi connectivity index (χ2n) is 6.29. The Morgan fingerprint density at radius 3 is 2.95 bits per heavy atom. The average molecular weight is 268 g/mol. The number of carbonyl (C=O) groups is 1. The van der Waals surface area contributed by atoms with E-state index in [1.54, 1.807) is 0 Å². The Morgan fingerprint density at radius 1 is 1.21 bits per heavy atom. The van der Waals surface area contributed by atoms with Crippen LogP contribution in [0.2, 0.25) is 0 Å². The van der Waals surface area contributed by atoms with Gasteiger partial charge in [0, 0.05) is 5.92 Å². The number of esters is 1. The minimum Gasteiger partial charge on any atom is -0.465 e. The van der Waals surface area contributed by atoms with E-state index in [-0.39, 0.29) is 11.9 Å². The first-order chi connectivity index (χ1) is 9.22. The number of carbonyl (C=O) groups excluding carboxylic acids is 1. The standard InChI is InChI=1S/C15H24O4/c1-10-3-2-4-11(8-17-10)9-18-15(16)12-5-6-13-14(7-12)19-13/h10-14H,2-9H2,1H3. The molecule has 2 saturated heterocycles. The molecule has 0 aromatic rings. The van der Waals surface area contributed by atoms with Crippen molar-refractivity contribution >= 4 is 5.97 Å². The van der Waals surface area contributed by atoms with Crippen molar-refractivity contribution in [3.8, 4) is 0 Å². The summed E-state index contributed by atoms with van der Waals surface area (Å²) in [7, 11) is 0. The molecule has 4 nitrogen and oxygen atoms in total. The van der Waals surface area contributed by atoms with Crippen molar-refractivity contribution in [2.45, 2.75) is 63.8 Å². The second kappa shape index (κ2) is 5.80. The molecule has 0 amide bonds. The van der Waals surface area contributed by atoms with Crippen molar-refractivity contribution in [3.05, 3.63) is 0 Å². The Balaban J connectivity index is 1.39. The van der Waals surface area contributed by atoms with Gasteiger partial charge in [-0.05, 0) is 39.0 Å². The minimum atomic E-state index is -0.0220. The highest BCUT2D eigenvalue weighted by atomic mass is 16.6. The van der Waals surface area contributed by atoms with E-state index < -0.39 is 0 Å². The maximum atomic E-state index is 12.0. The van der Waals surface area contributed by atoms with Crippen LogP contribution in [-0.4, -0.2) is 37.5 Å². The van der Waals surface area contributed by atoms with E-state index >= 15 is 0 Å². The Morgan fingerprint density at radius 2 is 2.11 bits per heavy atom. The molecular formula is C15H24O4. The summed E-state index contributed by atoms with van der Waals surface area (Å²) in [4.78, 5) is 12.0. The van der Waals surface area contributed by atoms with Gasteiger partial charge in [-0.1, -0.05) is 6.42 Å². The first kappa shape index (κ1) is 13.4. The number of epoxide rings is 1. The van der Waals surface area contributed by atoms with Gasteiger partial charge >= 0.3 is 5.97 Å². The molecule has 1 aliphatic carbocycles. The SMILES string of the molecule is CC1CCCC(COC(=O)C2CCC3OC3C2)CO1. The molecule has 0 spiro atoms. The second-order valence-corrected chi connectivity index (χ2v) is 6.29. The number of fused-ring (bicyclic) bond motifs is 1. The number of hydrogen-bond donors (Lipinski definition) is 0. The molecule has 2 heterocycles. The fourth-order valence-electron chi connectivity index (χ4n) is 3.23. The molecule has 0 radical (unpaired) electrons. The van der Waals surface area contributed by atoms with Crippen LogP contribution in [0, 0.1) is 11.8 Å². The molecule has 19 heavy (non-hydrogen) atoms. The van der Waals surface area contributed by atoms with Crippen LogP contribution in [0.4, 0.5) is 0 Å².